The molecule has 0 atom stereocenters. The molecule has 2 rings (SSSR count). The second-order valence-corrected chi connectivity index (χ2v) is 5.37. The number of nitrogens with zero attached hydrogens (tertiary/aromatic N) is 1. The maximum Gasteiger partial charge on any atom is 0.268 e. The number of phenols is 1. The van der Waals surface area contributed by atoms with E-state index in [9.17, 15) is 9.90 Å². The number of aromatic nitrogens is 1. The molecule has 0 bridgehead atoms. The number of carbonyl (C=O) groups is 1. The molecule has 0 spiro atoms. The van der Waals surface area contributed by atoms with E-state index in [0.717, 1.165) is 10.9 Å². The molecule has 102 valence electrons. The first-order valence-electron chi connectivity index (χ1n) is 6.15. The number of amides is 1. The molecule has 0 aliphatic rings. The van der Waals surface area contributed by atoms with Gasteiger partial charge in [0, 0.05) is 30.6 Å². The number of aryl methyl sites for hydroxylation is 1. The highest BCUT2D eigenvalue weighted by atomic mass is 16.3. The van der Waals surface area contributed by atoms with E-state index in [1.54, 1.807) is 35.9 Å². The Morgan fingerprint density at radius 3 is 2.74 bits per heavy atom. The van der Waals surface area contributed by atoms with Gasteiger partial charge in [-0.2, -0.15) is 0 Å². The summed E-state index contributed by atoms with van der Waals surface area (Å²) in [4.78, 5) is 12.2. The van der Waals surface area contributed by atoms with E-state index in [1.807, 2.05) is 13.8 Å². The Morgan fingerprint density at radius 1 is 1.42 bits per heavy atom. The molecule has 1 aromatic heterocycles. The summed E-state index contributed by atoms with van der Waals surface area (Å²) in [6, 6.07) is 6.83. The lowest BCUT2D eigenvalue weighted by Crippen LogP contribution is -2.49. The van der Waals surface area contributed by atoms with Crippen LogP contribution in [0.2, 0.25) is 0 Å². The predicted octanol–water partition coefficient (Wildman–Crippen LogP) is 1.35. The lowest BCUT2D eigenvalue weighted by atomic mass is 10.1. The van der Waals surface area contributed by atoms with Gasteiger partial charge in [-0.25, -0.2) is 0 Å². The molecular weight excluding hydrogens is 242 g/mol. The van der Waals surface area contributed by atoms with E-state index in [1.165, 1.54) is 0 Å². The van der Waals surface area contributed by atoms with Crippen molar-refractivity contribution >= 4 is 16.8 Å². The average molecular weight is 261 g/mol. The van der Waals surface area contributed by atoms with Crippen LogP contribution < -0.4 is 11.1 Å². The molecule has 0 saturated carbocycles. The zero-order valence-electron chi connectivity index (χ0n) is 11.4. The first-order chi connectivity index (χ1) is 8.84. The van der Waals surface area contributed by atoms with Gasteiger partial charge < -0.3 is 20.7 Å². The van der Waals surface area contributed by atoms with Crippen LogP contribution >= 0.6 is 0 Å². The first-order valence-corrected chi connectivity index (χ1v) is 6.15. The Morgan fingerprint density at radius 2 is 2.11 bits per heavy atom. The van der Waals surface area contributed by atoms with Crippen LogP contribution in [-0.2, 0) is 7.05 Å². The minimum absolute atomic E-state index is 0.173. The maximum absolute atomic E-state index is 12.2. The predicted molar refractivity (Wildman–Crippen MR) is 75.2 cm³/mol. The number of phenolic OH excluding ortho intramolecular Hbond substituents is 1. The lowest BCUT2D eigenvalue weighted by Gasteiger charge is -2.24. The zero-order valence-corrected chi connectivity index (χ0v) is 11.4. The third kappa shape index (κ3) is 2.56. The summed E-state index contributed by atoms with van der Waals surface area (Å²) in [6.07, 6.45) is 0. The first kappa shape index (κ1) is 13.4. The minimum Gasteiger partial charge on any atom is -0.508 e. The quantitative estimate of drug-likeness (QED) is 0.780. The Bertz CT molecular complexity index is 629. The molecule has 1 aromatic carbocycles. The molecule has 0 fully saturated rings. The number of hydrogen-bond donors (Lipinski definition) is 3. The fraction of sp³-hybridized carbons (Fsp3) is 0.357. The van der Waals surface area contributed by atoms with Crippen molar-refractivity contribution in [3.63, 3.8) is 0 Å². The molecule has 4 N–H and O–H groups in total. The molecule has 5 heteroatoms. The van der Waals surface area contributed by atoms with Crippen molar-refractivity contribution in [3.8, 4) is 5.75 Å². The van der Waals surface area contributed by atoms with Crippen LogP contribution in [0.25, 0.3) is 10.9 Å². The number of fused-ring (bicyclic) bond motifs is 1. The molecular formula is C14H19N3O2. The molecule has 0 radical (unpaired) electrons. The summed E-state index contributed by atoms with van der Waals surface area (Å²) < 4.78 is 1.76. The Labute approximate surface area is 112 Å². The van der Waals surface area contributed by atoms with Gasteiger partial charge in [0.25, 0.3) is 5.91 Å². The van der Waals surface area contributed by atoms with Crippen molar-refractivity contribution in [1.29, 1.82) is 0 Å². The van der Waals surface area contributed by atoms with Crippen molar-refractivity contribution in [2.45, 2.75) is 19.4 Å². The number of carbonyl (C=O) groups excluding carboxylic acids is 1. The molecule has 19 heavy (non-hydrogen) atoms. The molecule has 0 unspecified atom stereocenters. The SMILES string of the molecule is Cn1c(C(=O)NC(C)(C)CN)cc2ccc(O)cc21. The van der Waals surface area contributed by atoms with Crippen LogP contribution in [0.5, 0.6) is 5.75 Å². The average Bonchev–Trinajstić information content (AvgIpc) is 2.66. The van der Waals surface area contributed by atoms with E-state index >= 15 is 0 Å². The molecule has 0 saturated heterocycles. The van der Waals surface area contributed by atoms with Crippen molar-refractivity contribution in [2.75, 3.05) is 6.54 Å². The highest BCUT2D eigenvalue weighted by Gasteiger charge is 2.21. The summed E-state index contributed by atoms with van der Waals surface area (Å²) in [7, 11) is 1.80. The van der Waals surface area contributed by atoms with Gasteiger partial charge in [0.1, 0.15) is 11.4 Å². The van der Waals surface area contributed by atoms with E-state index in [4.69, 9.17) is 5.73 Å². The van der Waals surface area contributed by atoms with Gasteiger partial charge in [0.15, 0.2) is 0 Å². The van der Waals surface area contributed by atoms with Crippen LogP contribution in [0, 0.1) is 0 Å². The number of hydrogen-bond acceptors (Lipinski definition) is 3. The third-order valence-corrected chi connectivity index (χ3v) is 3.22. The topological polar surface area (TPSA) is 80.3 Å². The van der Waals surface area contributed by atoms with Gasteiger partial charge >= 0.3 is 0 Å². The van der Waals surface area contributed by atoms with E-state index in [0.29, 0.717) is 12.2 Å². The summed E-state index contributed by atoms with van der Waals surface area (Å²) in [6.45, 7) is 4.11. The summed E-state index contributed by atoms with van der Waals surface area (Å²) in [5.74, 6) is 0.0107. The van der Waals surface area contributed by atoms with Gasteiger partial charge in [-0.1, -0.05) is 0 Å². The smallest absolute Gasteiger partial charge is 0.268 e. The maximum atomic E-state index is 12.2. The van der Waals surface area contributed by atoms with Crippen LogP contribution in [0.3, 0.4) is 0 Å². The molecule has 0 aliphatic carbocycles. The highest BCUT2D eigenvalue weighted by Crippen LogP contribution is 2.23. The van der Waals surface area contributed by atoms with Crippen molar-refractivity contribution in [3.05, 3.63) is 30.0 Å². The summed E-state index contributed by atoms with van der Waals surface area (Å²) >= 11 is 0. The van der Waals surface area contributed by atoms with Crippen molar-refractivity contribution in [1.82, 2.24) is 9.88 Å². The fourth-order valence-corrected chi connectivity index (χ4v) is 1.96. The minimum atomic E-state index is -0.449. The van der Waals surface area contributed by atoms with E-state index in [-0.39, 0.29) is 11.7 Å². The van der Waals surface area contributed by atoms with Crippen LogP contribution in [-0.4, -0.2) is 27.7 Å². The molecule has 1 heterocycles. The summed E-state index contributed by atoms with van der Waals surface area (Å²) in [5.41, 5.74) is 6.52. The third-order valence-electron chi connectivity index (χ3n) is 3.22. The standard InChI is InChI=1S/C14H19N3O2/c1-14(2,8-15)16-13(19)12-6-9-4-5-10(18)7-11(9)17(12)3/h4-7,18H,8,15H2,1-3H3,(H,16,19). The highest BCUT2D eigenvalue weighted by molar-refractivity contribution is 5.99. The summed E-state index contributed by atoms with van der Waals surface area (Å²) in [5, 5.41) is 13.3. The zero-order chi connectivity index (χ0) is 14.2. The normalized spacial score (nSPS) is 11.8. The molecule has 1 amide bonds. The van der Waals surface area contributed by atoms with Gasteiger partial charge in [0.05, 0.1) is 5.52 Å². The lowest BCUT2D eigenvalue weighted by molar-refractivity contribution is 0.0908. The number of nitrogens with one attached hydrogen (secondary N) is 1. The van der Waals surface area contributed by atoms with Crippen LogP contribution in [0.15, 0.2) is 24.3 Å². The fourth-order valence-electron chi connectivity index (χ4n) is 1.96. The van der Waals surface area contributed by atoms with Gasteiger partial charge in [-0.15, -0.1) is 0 Å². The second kappa shape index (κ2) is 4.59. The van der Waals surface area contributed by atoms with Gasteiger partial charge in [0.2, 0.25) is 0 Å². The van der Waals surface area contributed by atoms with Crippen molar-refractivity contribution < 1.29 is 9.90 Å². The Kier molecular flexibility index (Phi) is 3.24. The monoisotopic (exact) mass is 261 g/mol. The van der Waals surface area contributed by atoms with Gasteiger partial charge in [-0.3, -0.25) is 4.79 Å². The second-order valence-electron chi connectivity index (χ2n) is 5.37. The number of aromatic hydroxyl groups is 1. The number of nitrogens with two attached hydrogens (primary N) is 1. The molecule has 0 aliphatic heterocycles. The van der Waals surface area contributed by atoms with Gasteiger partial charge in [-0.05, 0) is 32.0 Å². The van der Waals surface area contributed by atoms with Crippen LogP contribution in [0.1, 0.15) is 24.3 Å². The Balaban J connectivity index is 2.40. The van der Waals surface area contributed by atoms with E-state index in [2.05, 4.69) is 5.32 Å². The molecule has 5 nitrogen and oxygen atoms in total. The number of benzene rings is 1. The van der Waals surface area contributed by atoms with Crippen LogP contribution in [0.4, 0.5) is 0 Å². The largest absolute Gasteiger partial charge is 0.508 e. The number of rotatable bonds is 3. The van der Waals surface area contributed by atoms with Crippen molar-refractivity contribution in [2.24, 2.45) is 12.8 Å². The Hall–Kier alpha value is -2.01. The van der Waals surface area contributed by atoms with E-state index < -0.39 is 5.54 Å². The molecule has 2 aromatic rings.